The number of hydrogen-bond donors (Lipinski definition) is 0. The van der Waals surface area contributed by atoms with Crippen LogP contribution in [-0.2, 0) is 4.74 Å². The topological polar surface area (TPSA) is 9.23 Å². The largest absolute Gasteiger partial charge is 0.381 e. The van der Waals surface area contributed by atoms with E-state index >= 15 is 0 Å². The van der Waals surface area contributed by atoms with Gasteiger partial charge in [0.15, 0.2) is 0 Å². The van der Waals surface area contributed by atoms with Gasteiger partial charge in [0.2, 0.25) is 0 Å². The van der Waals surface area contributed by atoms with Gasteiger partial charge in [-0.2, -0.15) is 0 Å². The molecule has 1 rings (SSSR count). The summed E-state index contributed by atoms with van der Waals surface area (Å²) < 4.78 is 4.94. The maximum atomic E-state index is 4.94. The Morgan fingerprint density at radius 3 is 1.88 bits per heavy atom. The number of halogens is 1. The summed E-state index contributed by atoms with van der Waals surface area (Å²) in [4.78, 5) is 0. The van der Waals surface area contributed by atoms with Gasteiger partial charge >= 0.3 is 0 Å². The average molecular weight is 135 g/mol. The first kappa shape index (κ1) is 7.99. The van der Waals surface area contributed by atoms with Gasteiger partial charge in [-0.3, -0.25) is 0 Å². The van der Waals surface area contributed by atoms with Crippen LogP contribution in [0.4, 0.5) is 0 Å². The molecule has 0 radical (unpaired) electrons. The van der Waals surface area contributed by atoms with E-state index < -0.39 is 0 Å². The Bertz CT molecular complexity index is 42.9. The fraction of sp³-hybridized carbons (Fsp3) is 0.667. The van der Waals surface area contributed by atoms with Gasteiger partial charge in [-0.25, -0.2) is 0 Å². The van der Waals surface area contributed by atoms with E-state index in [1.807, 2.05) is 0 Å². The van der Waals surface area contributed by atoms with E-state index in [1.165, 1.54) is 18.4 Å². The van der Waals surface area contributed by atoms with Crippen molar-refractivity contribution >= 4 is 11.6 Å². The minimum Gasteiger partial charge on any atom is -0.381 e. The van der Waals surface area contributed by atoms with Gasteiger partial charge < -0.3 is 4.74 Å². The predicted octanol–water partition coefficient (Wildman–Crippen LogP) is 2.17. The molecule has 1 aliphatic heterocycles. The highest BCUT2D eigenvalue weighted by Gasteiger charge is 1.94. The SMILES string of the molecule is C1CCOC1.C=CCl. The molecule has 2 heteroatoms. The summed E-state index contributed by atoms with van der Waals surface area (Å²) >= 11 is 4.76. The molecule has 1 saturated heterocycles. The van der Waals surface area contributed by atoms with Crippen LogP contribution in [0.1, 0.15) is 12.8 Å². The summed E-state index contributed by atoms with van der Waals surface area (Å²) in [7, 11) is 0. The van der Waals surface area contributed by atoms with Crippen LogP contribution >= 0.6 is 11.6 Å². The highest BCUT2D eigenvalue weighted by molar-refractivity contribution is 6.25. The third-order valence-corrected chi connectivity index (χ3v) is 0.827. The van der Waals surface area contributed by atoms with Crippen LogP contribution in [0.2, 0.25) is 0 Å². The second-order valence-electron chi connectivity index (χ2n) is 1.47. The van der Waals surface area contributed by atoms with Crippen molar-refractivity contribution in [2.75, 3.05) is 13.2 Å². The molecule has 0 aromatic carbocycles. The maximum Gasteiger partial charge on any atom is 0.0466 e. The molecular formula is C6H11ClO. The van der Waals surface area contributed by atoms with Crippen LogP contribution in [-0.4, -0.2) is 13.2 Å². The Balaban J connectivity index is 0.000000145. The minimum absolute atomic E-state index is 1.00. The molecule has 0 amide bonds. The molecule has 0 aromatic heterocycles. The van der Waals surface area contributed by atoms with Gasteiger partial charge in [0, 0.05) is 13.2 Å². The quantitative estimate of drug-likeness (QED) is 0.494. The second-order valence-corrected chi connectivity index (χ2v) is 1.78. The van der Waals surface area contributed by atoms with Crippen LogP contribution in [0.3, 0.4) is 0 Å². The summed E-state index contributed by atoms with van der Waals surface area (Å²) in [6.07, 6.45) is 2.56. The zero-order chi connectivity index (χ0) is 6.24. The van der Waals surface area contributed by atoms with Gasteiger partial charge in [0.1, 0.15) is 0 Å². The fourth-order valence-corrected chi connectivity index (χ4v) is 0.510. The van der Waals surface area contributed by atoms with E-state index in [2.05, 4.69) is 6.58 Å². The lowest BCUT2D eigenvalue weighted by molar-refractivity contribution is 0.198. The van der Waals surface area contributed by atoms with Gasteiger partial charge in [0.05, 0.1) is 0 Å². The van der Waals surface area contributed by atoms with Crippen LogP contribution in [0.15, 0.2) is 12.1 Å². The van der Waals surface area contributed by atoms with Crippen molar-refractivity contribution in [3.05, 3.63) is 12.1 Å². The van der Waals surface area contributed by atoms with Gasteiger partial charge in [-0.05, 0) is 18.4 Å². The first-order chi connectivity index (χ1) is 3.91. The maximum absolute atomic E-state index is 4.94. The zero-order valence-corrected chi connectivity index (χ0v) is 5.66. The molecule has 1 heterocycles. The first-order valence-corrected chi connectivity index (χ1v) is 3.14. The van der Waals surface area contributed by atoms with Gasteiger partial charge in [0.25, 0.3) is 0 Å². The standard InChI is InChI=1S/C4H8O.C2H3Cl/c1-2-4-5-3-1;1-2-3/h1-4H2;2H,1H2. The molecule has 0 aromatic rings. The molecule has 1 aliphatic rings. The van der Waals surface area contributed by atoms with Crippen LogP contribution in [0, 0.1) is 0 Å². The first-order valence-electron chi connectivity index (χ1n) is 2.70. The molecular weight excluding hydrogens is 124 g/mol. The Kier molecular flexibility index (Phi) is 6.98. The lowest BCUT2D eigenvalue weighted by atomic mass is 10.4. The van der Waals surface area contributed by atoms with Gasteiger partial charge in [-0.15, -0.1) is 0 Å². The van der Waals surface area contributed by atoms with Crippen molar-refractivity contribution in [2.24, 2.45) is 0 Å². The molecule has 48 valence electrons. The molecule has 0 atom stereocenters. The third kappa shape index (κ3) is 5.99. The minimum atomic E-state index is 1.00. The van der Waals surface area contributed by atoms with Crippen molar-refractivity contribution in [3.8, 4) is 0 Å². The highest BCUT2D eigenvalue weighted by atomic mass is 35.5. The normalized spacial score (nSPS) is 16.6. The molecule has 0 unspecified atom stereocenters. The lowest BCUT2D eigenvalue weighted by Crippen LogP contribution is -1.74. The Labute approximate surface area is 55.3 Å². The monoisotopic (exact) mass is 134 g/mol. The van der Waals surface area contributed by atoms with E-state index in [-0.39, 0.29) is 0 Å². The third-order valence-electron chi connectivity index (χ3n) is 0.827. The van der Waals surface area contributed by atoms with Crippen molar-refractivity contribution in [1.29, 1.82) is 0 Å². The summed E-state index contributed by atoms with van der Waals surface area (Å²) in [5.41, 5.74) is 1.22. The molecule has 0 saturated carbocycles. The zero-order valence-electron chi connectivity index (χ0n) is 4.90. The lowest BCUT2D eigenvalue weighted by Gasteiger charge is -1.76. The van der Waals surface area contributed by atoms with E-state index in [1.54, 1.807) is 0 Å². The highest BCUT2D eigenvalue weighted by Crippen LogP contribution is 1.98. The summed E-state index contributed by atoms with van der Waals surface area (Å²) in [5, 5.41) is 0. The van der Waals surface area contributed by atoms with Crippen LogP contribution < -0.4 is 0 Å². The molecule has 1 nitrogen and oxygen atoms in total. The van der Waals surface area contributed by atoms with E-state index in [0.717, 1.165) is 13.2 Å². The van der Waals surface area contributed by atoms with Crippen LogP contribution in [0.5, 0.6) is 0 Å². The number of hydrogen-bond acceptors (Lipinski definition) is 1. The van der Waals surface area contributed by atoms with Crippen molar-refractivity contribution < 1.29 is 4.74 Å². The summed E-state index contributed by atoms with van der Waals surface area (Å²) in [5.74, 6) is 0. The van der Waals surface area contributed by atoms with Crippen LogP contribution in [0.25, 0.3) is 0 Å². The number of ether oxygens (including phenoxy) is 1. The number of rotatable bonds is 0. The van der Waals surface area contributed by atoms with Crippen molar-refractivity contribution in [1.82, 2.24) is 0 Å². The van der Waals surface area contributed by atoms with E-state index in [4.69, 9.17) is 16.3 Å². The fourth-order valence-electron chi connectivity index (χ4n) is 0.510. The molecule has 0 aliphatic carbocycles. The Hall–Kier alpha value is -0.0100. The van der Waals surface area contributed by atoms with E-state index in [9.17, 15) is 0 Å². The molecule has 0 N–H and O–H groups in total. The van der Waals surface area contributed by atoms with Gasteiger partial charge in [-0.1, -0.05) is 18.2 Å². The van der Waals surface area contributed by atoms with Crippen molar-refractivity contribution in [2.45, 2.75) is 12.8 Å². The molecule has 0 spiro atoms. The Morgan fingerprint density at radius 1 is 1.38 bits per heavy atom. The second kappa shape index (κ2) is 6.99. The molecule has 8 heavy (non-hydrogen) atoms. The van der Waals surface area contributed by atoms with Crippen molar-refractivity contribution in [3.63, 3.8) is 0 Å². The predicted molar refractivity (Wildman–Crippen MR) is 36.1 cm³/mol. The summed E-state index contributed by atoms with van der Waals surface area (Å²) in [6.45, 7) is 5.13. The molecule has 0 bridgehead atoms. The molecule has 1 fully saturated rings. The smallest absolute Gasteiger partial charge is 0.0466 e. The Morgan fingerprint density at radius 2 is 1.75 bits per heavy atom. The average Bonchev–Trinajstić information content (AvgIpc) is 2.17. The van der Waals surface area contributed by atoms with E-state index in [0.29, 0.717) is 0 Å². The summed E-state index contributed by atoms with van der Waals surface area (Å²) in [6, 6.07) is 0.